The van der Waals surface area contributed by atoms with Gasteiger partial charge in [-0.2, -0.15) is 0 Å². The molecule has 1 fully saturated rings. The van der Waals surface area contributed by atoms with E-state index < -0.39 is 0 Å². The van der Waals surface area contributed by atoms with Gasteiger partial charge in [-0.3, -0.25) is 0 Å². The fourth-order valence-corrected chi connectivity index (χ4v) is 4.41. The summed E-state index contributed by atoms with van der Waals surface area (Å²) in [7, 11) is 0. The lowest BCUT2D eigenvalue weighted by Gasteiger charge is -2.25. The van der Waals surface area contributed by atoms with Crippen LogP contribution in [0.1, 0.15) is 74.6 Å². The minimum Gasteiger partial charge on any atom is -0.508 e. The molecule has 3 rings (SSSR count). The van der Waals surface area contributed by atoms with Crippen LogP contribution in [0.5, 0.6) is 5.75 Å². The molecule has 1 saturated carbocycles. The van der Waals surface area contributed by atoms with Crippen LogP contribution in [-0.4, -0.2) is 11.1 Å². The van der Waals surface area contributed by atoms with E-state index in [2.05, 4.69) is 26.1 Å². The molecule has 2 N–H and O–H groups in total. The highest BCUT2D eigenvalue weighted by atomic mass is 16.3. The molecular weight excluding hydrogens is 246 g/mol. The van der Waals surface area contributed by atoms with Crippen LogP contribution in [0.25, 0.3) is 0 Å². The molecule has 0 heterocycles. The van der Waals surface area contributed by atoms with Gasteiger partial charge in [0.2, 0.25) is 0 Å². The number of hydrogen-bond donors (Lipinski definition) is 2. The van der Waals surface area contributed by atoms with Crippen LogP contribution in [0, 0.1) is 12.8 Å². The van der Waals surface area contributed by atoms with E-state index in [1.807, 2.05) is 12.1 Å². The van der Waals surface area contributed by atoms with Gasteiger partial charge in [-0.15, -0.1) is 0 Å². The molecule has 1 aromatic carbocycles. The van der Waals surface area contributed by atoms with Crippen molar-refractivity contribution in [1.82, 2.24) is 5.32 Å². The van der Waals surface area contributed by atoms with E-state index in [0.717, 1.165) is 12.3 Å². The smallest absolute Gasteiger partial charge is 0.120 e. The molecule has 0 spiro atoms. The van der Waals surface area contributed by atoms with E-state index in [9.17, 15) is 5.11 Å². The highest BCUT2D eigenvalue weighted by Gasteiger charge is 2.34. The molecule has 2 nitrogen and oxygen atoms in total. The lowest BCUT2D eigenvalue weighted by Crippen LogP contribution is -2.34. The van der Waals surface area contributed by atoms with Crippen molar-refractivity contribution in [3.05, 3.63) is 28.8 Å². The van der Waals surface area contributed by atoms with Gasteiger partial charge in [0.25, 0.3) is 0 Å². The van der Waals surface area contributed by atoms with Gasteiger partial charge in [0.05, 0.1) is 0 Å². The van der Waals surface area contributed by atoms with Gasteiger partial charge in [0.1, 0.15) is 5.75 Å². The Morgan fingerprint density at radius 3 is 2.60 bits per heavy atom. The van der Waals surface area contributed by atoms with Crippen LogP contribution in [0.3, 0.4) is 0 Å². The van der Waals surface area contributed by atoms with Gasteiger partial charge in [-0.25, -0.2) is 0 Å². The molecule has 2 unspecified atom stereocenters. The number of benzene rings is 1. The Morgan fingerprint density at radius 1 is 1.20 bits per heavy atom. The first kappa shape index (κ1) is 13.9. The van der Waals surface area contributed by atoms with E-state index in [1.54, 1.807) is 0 Å². The molecule has 20 heavy (non-hydrogen) atoms. The second-order valence-electron chi connectivity index (χ2n) is 6.92. The zero-order valence-electron chi connectivity index (χ0n) is 12.9. The number of phenolic OH excluding ortho intramolecular Hbond substituents is 1. The van der Waals surface area contributed by atoms with Crippen molar-refractivity contribution in [3.63, 3.8) is 0 Å². The largest absolute Gasteiger partial charge is 0.508 e. The van der Waals surface area contributed by atoms with Crippen molar-refractivity contribution in [2.45, 2.75) is 70.9 Å². The summed E-state index contributed by atoms with van der Waals surface area (Å²) in [5.41, 5.74) is 3.87. The second-order valence-corrected chi connectivity index (χ2v) is 6.92. The van der Waals surface area contributed by atoms with Crippen LogP contribution in [0.15, 0.2) is 12.1 Å². The molecule has 2 aliphatic carbocycles. The third-order valence-electron chi connectivity index (χ3n) is 5.48. The Balaban J connectivity index is 1.82. The van der Waals surface area contributed by atoms with Crippen molar-refractivity contribution in [1.29, 1.82) is 0 Å². The number of aromatic hydroxyl groups is 1. The Hall–Kier alpha value is -1.02. The van der Waals surface area contributed by atoms with Gasteiger partial charge in [-0.1, -0.05) is 25.8 Å². The minimum atomic E-state index is 0.329. The Kier molecular flexibility index (Phi) is 3.76. The van der Waals surface area contributed by atoms with E-state index in [-0.39, 0.29) is 0 Å². The zero-order chi connectivity index (χ0) is 14.3. The summed E-state index contributed by atoms with van der Waals surface area (Å²) in [6.07, 6.45) is 6.62. The Morgan fingerprint density at radius 2 is 1.90 bits per heavy atom. The number of aryl methyl sites for hydroxylation is 1. The molecular formula is C18H27NO. The first-order valence-electron chi connectivity index (χ1n) is 8.16. The zero-order valence-corrected chi connectivity index (χ0v) is 12.9. The lowest BCUT2D eigenvalue weighted by atomic mass is 9.96. The van der Waals surface area contributed by atoms with E-state index in [4.69, 9.17) is 0 Å². The third kappa shape index (κ3) is 2.35. The van der Waals surface area contributed by atoms with Crippen LogP contribution in [0.4, 0.5) is 0 Å². The number of rotatable bonds is 3. The summed E-state index contributed by atoms with van der Waals surface area (Å²) >= 11 is 0. The molecule has 2 aliphatic rings. The summed E-state index contributed by atoms with van der Waals surface area (Å²) < 4.78 is 0. The predicted octanol–water partition coefficient (Wildman–Crippen LogP) is 4.42. The SMILES string of the molecule is Cc1ccc(O)c2c1C(C)CC2N[C@H](C)C1CCCC1. The molecule has 0 bridgehead atoms. The standard InChI is InChI=1S/C18H27NO/c1-11-8-9-16(20)18-15(10-12(2)17(11)18)19-13(3)14-6-4-5-7-14/h8-9,12-15,19-20H,4-7,10H2,1-3H3/t12?,13-,15?/m1/s1. The summed E-state index contributed by atoms with van der Waals surface area (Å²) in [6.45, 7) is 6.77. The predicted molar refractivity (Wildman–Crippen MR) is 83.2 cm³/mol. The lowest BCUT2D eigenvalue weighted by molar-refractivity contribution is 0.333. The maximum Gasteiger partial charge on any atom is 0.120 e. The topological polar surface area (TPSA) is 32.3 Å². The molecule has 110 valence electrons. The van der Waals surface area contributed by atoms with Gasteiger partial charge in [-0.05, 0) is 62.1 Å². The van der Waals surface area contributed by atoms with Crippen molar-refractivity contribution < 1.29 is 5.11 Å². The van der Waals surface area contributed by atoms with E-state index in [1.165, 1.54) is 42.4 Å². The maximum absolute atomic E-state index is 10.3. The Labute approximate surface area is 122 Å². The fourth-order valence-electron chi connectivity index (χ4n) is 4.41. The fraction of sp³-hybridized carbons (Fsp3) is 0.667. The monoisotopic (exact) mass is 273 g/mol. The van der Waals surface area contributed by atoms with Crippen LogP contribution < -0.4 is 5.32 Å². The van der Waals surface area contributed by atoms with Gasteiger partial charge >= 0.3 is 0 Å². The number of hydrogen-bond acceptors (Lipinski definition) is 2. The third-order valence-corrected chi connectivity index (χ3v) is 5.48. The molecule has 0 radical (unpaired) electrons. The normalized spacial score (nSPS) is 27.8. The average molecular weight is 273 g/mol. The van der Waals surface area contributed by atoms with Crippen molar-refractivity contribution in [2.24, 2.45) is 5.92 Å². The van der Waals surface area contributed by atoms with Crippen LogP contribution >= 0.6 is 0 Å². The second kappa shape index (κ2) is 5.40. The maximum atomic E-state index is 10.3. The number of fused-ring (bicyclic) bond motifs is 1. The summed E-state index contributed by atoms with van der Waals surface area (Å²) in [6, 6.07) is 4.80. The highest BCUT2D eigenvalue weighted by Crippen LogP contribution is 2.46. The van der Waals surface area contributed by atoms with Gasteiger partial charge < -0.3 is 10.4 Å². The highest BCUT2D eigenvalue weighted by molar-refractivity contribution is 5.50. The molecule has 3 atom stereocenters. The van der Waals surface area contributed by atoms with Gasteiger partial charge in [0.15, 0.2) is 0 Å². The quantitative estimate of drug-likeness (QED) is 0.854. The average Bonchev–Trinajstić information content (AvgIpc) is 3.03. The molecule has 0 aliphatic heterocycles. The number of nitrogens with one attached hydrogen (secondary N) is 1. The van der Waals surface area contributed by atoms with Crippen LogP contribution in [0.2, 0.25) is 0 Å². The minimum absolute atomic E-state index is 0.329. The van der Waals surface area contributed by atoms with Crippen LogP contribution in [-0.2, 0) is 0 Å². The van der Waals surface area contributed by atoms with Gasteiger partial charge in [0, 0.05) is 17.6 Å². The van der Waals surface area contributed by atoms with E-state index in [0.29, 0.717) is 23.8 Å². The number of phenols is 1. The van der Waals surface area contributed by atoms with E-state index >= 15 is 0 Å². The summed E-state index contributed by atoms with van der Waals surface area (Å²) in [5.74, 6) is 1.85. The molecule has 0 saturated heterocycles. The van der Waals surface area contributed by atoms with Crippen molar-refractivity contribution in [3.8, 4) is 5.75 Å². The molecule has 0 amide bonds. The molecule has 1 aromatic rings. The molecule has 2 heteroatoms. The molecule has 0 aromatic heterocycles. The Bertz CT molecular complexity index is 490. The van der Waals surface area contributed by atoms with Crippen molar-refractivity contribution in [2.75, 3.05) is 0 Å². The van der Waals surface area contributed by atoms with Crippen molar-refractivity contribution >= 4 is 0 Å². The summed E-state index contributed by atoms with van der Waals surface area (Å²) in [4.78, 5) is 0. The first-order chi connectivity index (χ1) is 9.58. The summed E-state index contributed by atoms with van der Waals surface area (Å²) in [5, 5.41) is 14.1. The first-order valence-corrected chi connectivity index (χ1v) is 8.16.